The Kier molecular flexibility index (Phi) is 4.89. The summed E-state index contributed by atoms with van der Waals surface area (Å²) in [6.07, 6.45) is 2.38. The van der Waals surface area contributed by atoms with Gasteiger partial charge in [0.2, 0.25) is 5.91 Å². The molecule has 0 aliphatic carbocycles. The Morgan fingerprint density at radius 1 is 1.38 bits per heavy atom. The molecule has 1 aliphatic rings. The van der Waals surface area contributed by atoms with Crippen molar-refractivity contribution in [1.29, 1.82) is 0 Å². The summed E-state index contributed by atoms with van der Waals surface area (Å²) in [5, 5.41) is 11.8. The number of halogens is 1. The number of carbonyl (C=O) groups excluding carboxylic acids is 2. The zero-order valence-corrected chi connectivity index (χ0v) is 15.6. The topological polar surface area (TPSA) is 96.2 Å². The number of imidazole rings is 1. The first-order chi connectivity index (χ1) is 13.9. The van der Waals surface area contributed by atoms with E-state index < -0.39 is 18.0 Å². The van der Waals surface area contributed by atoms with Crippen LogP contribution in [0.5, 0.6) is 0 Å². The Labute approximate surface area is 165 Å². The van der Waals surface area contributed by atoms with Gasteiger partial charge in [0.25, 0.3) is 0 Å². The van der Waals surface area contributed by atoms with Crippen molar-refractivity contribution < 1.29 is 23.8 Å². The molecule has 0 saturated carbocycles. The summed E-state index contributed by atoms with van der Waals surface area (Å²) in [6.45, 7) is 1.64. The molecule has 1 aromatic carbocycles. The molecule has 8 nitrogen and oxygen atoms in total. The van der Waals surface area contributed by atoms with Crippen molar-refractivity contribution in [1.82, 2.24) is 14.7 Å². The maximum Gasteiger partial charge on any atom is 0.414 e. The third-order valence-electron chi connectivity index (χ3n) is 4.70. The number of cyclic esters (lactones) is 1. The smallest absolute Gasteiger partial charge is 0.414 e. The van der Waals surface area contributed by atoms with Crippen LogP contribution in [-0.4, -0.2) is 45.7 Å². The van der Waals surface area contributed by atoms with E-state index in [1.165, 1.54) is 17.9 Å². The molecule has 1 aliphatic heterocycles. The van der Waals surface area contributed by atoms with E-state index in [-0.39, 0.29) is 25.6 Å². The van der Waals surface area contributed by atoms with Crippen LogP contribution in [0.3, 0.4) is 0 Å². The minimum absolute atomic E-state index is 0.172. The molecule has 1 atom stereocenters. The van der Waals surface area contributed by atoms with E-state index in [9.17, 15) is 19.1 Å². The van der Waals surface area contributed by atoms with E-state index in [1.54, 1.807) is 41.1 Å². The van der Waals surface area contributed by atoms with E-state index in [2.05, 4.69) is 10.3 Å². The summed E-state index contributed by atoms with van der Waals surface area (Å²) in [5.74, 6) is -0.700. The molecule has 2 amide bonds. The van der Waals surface area contributed by atoms with Gasteiger partial charge in [0.05, 0.1) is 31.1 Å². The fourth-order valence-corrected chi connectivity index (χ4v) is 3.28. The molecule has 29 heavy (non-hydrogen) atoms. The largest absolute Gasteiger partial charge is 0.442 e. The summed E-state index contributed by atoms with van der Waals surface area (Å²) in [5.41, 5.74) is 2.50. The molecule has 0 bridgehead atoms. The number of fused-ring (bicyclic) bond motifs is 1. The zero-order chi connectivity index (χ0) is 20.5. The molecule has 3 heterocycles. The molecule has 0 spiro atoms. The maximum atomic E-state index is 14.8. The molecule has 0 unspecified atom stereocenters. The van der Waals surface area contributed by atoms with Gasteiger partial charge in [-0.3, -0.25) is 9.69 Å². The number of carbonyl (C=O) groups is 2. The fraction of sp³-hybridized carbons (Fsp3) is 0.250. The lowest BCUT2D eigenvalue weighted by atomic mass is 10.1. The Balaban J connectivity index is 1.56. The van der Waals surface area contributed by atoms with Gasteiger partial charge >= 0.3 is 6.09 Å². The van der Waals surface area contributed by atoms with Crippen LogP contribution in [-0.2, 0) is 16.1 Å². The molecule has 4 rings (SSSR count). The molecule has 150 valence electrons. The molecule has 3 aromatic rings. The number of aromatic nitrogens is 2. The molecule has 9 heteroatoms. The lowest BCUT2D eigenvalue weighted by Crippen LogP contribution is -2.33. The third kappa shape index (κ3) is 3.77. The van der Waals surface area contributed by atoms with Crippen LogP contribution in [0.2, 0.25) is 0 Å². The highest BCUT2D eigenvalue weighted by atomic mass is 19.1. The average Bonchev–Trinajstić information content (AvgIpc) is 3.28. The Bertz CT molecular complexity index is 1100. The van der Waals surface area contributed by atoms with Gasteiger partial charge in [-0.05, 0) is 35.9 Å². The first-order valence-electron chi connectivity index (χ1n) is 9.05. The van der Waals surface area contributed by atoms with Crippen molar-refractivity contribution in [3.05, 3.63) is 54.2 Å². The van der Waals surface area contributed by atoms with Gasteiger partial charge in [-0.1, -0.05) is 0 Å². The van der Waals surface area contributed by atoms with Gasteiger partial charge < -0.3 is 19.6 Å². The molecule has 2 N–H and O–H groups in total. The van der Waals surface area contributed by atoms with Crippen molar-refractivity contribution in [2.24, 2.45) is 0 Å². The number of ether oxygens (including phenoxy) is 1. The second-order valence-corrected chi connectivity index (χ2v) is 6.79. The molecular weight excluding hydrogens is 379 g/mol. The van der Waals surface area contributed by atoms with Gasteiger partial charge in [-0.2, -0.15) is 0 Å². The number of hydrogen-bond acceptors (Lipinski definition) is 5. The van der Waals surface area contributed by atoms with Gasteiger partial charge in [0.15, 0.2) is 0 Å². The number of rotatable bonds is 5. The minimum Gasteiger partial charge on any atom is -0.442 e. The number of pyridine rings is 1. The fourth-order valence-electron chi connectivity index (χ4n) is 3.28. The van der Waals surface area contributed by atoms with Gasteiger partial charge in [-0.25, -0.2) is 14.2 Å². The number of benzene rings is 1. The first-order valence-corrected chi connectivity index (χ1v) is 9.05. The van der Waals surface area contributed by atoms with Crippen LogP contribution in [0.1, 0.15) is 12.6 Å². The monoisotopic (exact) mass is 398 g/mol. The van der Waals surface area contributed by atoms with Crippen LogP contribution in [0.25, 0.3) is 16.8 Å². The van der Waals surface area contributed by atoms with Crippen LogP contribution >= 0.6 is 0 Å². The van der Waals surface area contributed by atoms with Crippen LogP contribution in [0, 0.1) is 5.82 Å². The van der Waals surface area contributed by atoms with Crippen LogP contribution in [0.15, 0.2) is 42.7 Å². The Hall–Kier alpha value is -3.46. The number of aliphatic hydroxyl groups excluding tert-OH is 1. The predicted molar refractivity (Wildman–Crippen MR) is 103 cm³/mol. The maximum absolute atomic E-state index is 14.8. The lowest BCUT2D eigenvalue weighted by Gasteiger charge is -2.14. The number of anilines is 1. The summed E-state index contributed by atoms with van der Waals surface area (Å²) in [7, 11) is 0. The summed E-state index contributed by atoms with van der Waals surface area (Å²) < 4.78 is 21.8. The summed E-state index contributed by atoms with van der Waals surface area (Å²) >= 11 is 0. The minimum atomic E-state index is -0.581. The van der Waals surface area contributed by atoms with E-state index in [1.807, 2.05) is 0 Å². The normalized spacial score (nSPS) is 16.3. The van der Waals surface area contributed by atoms with Crippen molar-refractivity contribution >= 4 is 23.3 Å². The van der Waals surface area contributed by atoms with Gasteiger partial charge in [0, 0.05) is 24.9 Å². The number of amides is 2. The second-order valence-electron chi connectivity index (χ2n) is 6.79. The molecule has 0 radical (unpaired) electrons. The predicted octanol–water partition coefficient (Wildman–Crippen LogP) is 2.09. The number of nitrogens with zero attached hydrogens (tertiary/aromatic N) is 3. The van der Waals surface area contributed by atoms with Gasteiger partial charge in [-0.15, -0.1) is 0 Å². The quantitative estimate of drug-likeness (QED) is 0.686. The summed E-state index contributed by atoms with van der Waals surface area (Å²) in [4.78, 5) is 28.7. The highest BCUT2D eigenvalue weighted by molar-refractivity contribution is 5.90. The van der Waals surface area contributed by atoms with Crippen LogP contribution in [0.4, 0.5) is 14.9 Å². The number of hydrogen-bond donors (Lipinski definition) is 2. The van der Waals surface area contributed by atoms with Crippen LogP contribution < -0.4 is 10.2 Å². The van der Waals surface area contributed by atoms with Gasteiger partial charge in [0.1, 0.15) is 17.6 Å². The Morgan fingerprint density at radius 3 is 2.93 bits per heavy atom. The third-order valence-corrected chi connectivity index (χ3v) is 4.70. The molecule has 1 fully saturated rings. The molecule has 2 aromatic heterocycles. The lowest BCUT2D eigenvalue weighted by molar-refractivity contribution is -0.119. The average molecular weight is 398 g/mol. The van der Waals surface area contributed by atoms with Crippen molar-refractivity contribution in [3.63, 3.8) is 0 Å². The summed E-state index contributed by atoms with van der Waals surface area (Å²) in [6, 6.07) is 8.01. The standard InChI is InChI=1S/C20H19FN4O4/c1-12(27)22-8-16-10-25(20(28)29-16)15-2-3-17(18(21)7-15)13-4-5-24-9-14(11-26)23-19(24)6-13/h2-7,9,16,26H,8,10-11H2,1H3,(H,22,27)/t16-/m0/s1. The first kappa shape index (κ1) is 18.9. The van der Waals surface area contributed by atoms with Crippen molar-refractivity contribution in [2.45, 2.75) is 19.6 Å². The van der Waals surface area contributed by atoms with Crippen molar-refractivity contribution in [3.8, 4) is 11.1 Å². The second kappa shape index (κ2) is 7.51. The molecule has 1 saturated heterocycles. The highest BCUT2D eigenvalue weighted by Gasteiger charge is 2.32. The van der Waals surface area contributed by atoms with E-state index >= 15 is 0 Å². The van der Waals surface area contributed by atoms with E-state index in [0.717, 1.165) is 0 Å². The SMILES string of the molecule is CC(=O)NC[C@H]1CN(c2ccc(-c3ccn4cc(CO)nc4c3)c(F)c2)C(=O)O1. The van der Waals surface area contributed by atoms with Crippen molar-refractivity contribution in [2.75, 3.05) is 18.0 Å². The molecular formula is C20H19FN4O4. The Morgan fingerprint density at radius 2 is 2.21 bits per heavy atom. The number of nitrogens with one attached hydrogen (secondary N) is 1. The highest BCUT2D eigenvalue weighted by Crippen LogP contribution is 2.29. The van der Waals surface area contributed by atoms with E-state index in [0.29, 0.717) is 28.2 Å². The number of aliphatic hydroxyl groups is 1. The zero-order valence-electron chi connectivity index (χ0n) is 15.6. The van der Waals surface area contributed by atoms with E-state index in [4.69, 9.17) is 4.74 Å².